The second kappa shape index (κ2) is 7.74. The number of aliphatic imine (C=N–C) groups is 1. The van der Waals surface area contributed by atoms with Gasteiger partial charge in [0.05, 0.1) is 5.71 Å². The van der Waals surface area contributed by atoms with Crippen molar-refractivity contribution in [2.45, 2.75) is 32.9 Å². The number of allylic oxidation sites excluding steroid dienone is 3. The summed E-state index contributed by atoms with van der Waals surface area (Å²) in [6.07, 6.45) is 7.62. The summed E-state index contributed by atoms with van der Waals surface area (Å²) in [5.41, 5.74) is 0.885. The first-order chi connectivity index (χ1) is 6.28. The van der Waals surface area contributed by atoms with E-state index in [9.17, 15) is 0 Å². The Balaban J connectivity index is 4.34. The van der Waals surface area contributed by atoms with E-state index in [1.807, 2.05) is 13.0 Å². The lowest BCUT2D eigenvalue weighted by atomic mass is 10.3. The van der Waals surface area contributed by atoms with Crippen LogP contribution in [-0.2, 0) is 4.74 Å². The van der Waals surface area contributed by atoms with Gasteiger partial charge in [-0.05, 0) is 25.0 Å². The second-order valence-electron chi connectivity index (χ2n) is 2.67. The normalized spacial score (nSPS) is 14.8. The van der Waals surface area contributed by atoms with Crippen LogP contribution in [0.4, 0.5) is 0 Å². The van der Waals surface area contributed by atoms with Crippen LogP contribution >= 0.6 is 0 Å². The molecule has 0 aromatic rings. The fraction of sp³-hybridized carbons (Fsp3) is 0.545. The van der Waals surface area contributed by atoms with Gasteiger partial charge >= 0.3 is 0 Å². The third kappa shape index (κ3) is 5.36. The predicted octanol–water partition coefficient (Wildman–Crippen LogP) is 2.96. The summed E-state index contributed by atoms with van der Waals surface area (Å²) < 4.78 is 5.14. The lowest BCUT2D eigenvalue weighted by Gasteiger charge is -2.07. The molecular formula is C11H19NO. The average molecular weight is 181 g/mol. The first kappa shape index (κ1) is 12.1. The molecule has 1 atom stereocenters. The van der Waals surface area contributed by atoms with Gasteiger partial charge in [0.1, 0.15) is 6.23 Å². The molecule has 0 aromatic carbocycles. The Morgan fingerprint density at radius 1 is 1.54 bits per heavy atom. The molecule has 0 bridgehead atoms. The summed E-state index contributed by atoms with van der Waals surface area (Å²) in [5.74, 6) is 0. The molecule has 0 rings (SSSR count). The van der Waals surface area contributed by atoms with E-state index in [2.05, 4.69) is 24.6 Å². The van der Waals surface area contributed by atoms with Crippen LogP contribution in [0.3, 0.4) is 0 Å². The third-order valence-corrected chi connectivity index (χ3v) is 1.65. The molecule has 0 heterocycles. The molecule has 13 heavy (non-hydrogen) atoms. The molecule has 0 aliphatic carbocycles. The Hall–Kier alpha value is -0.890. The molecule has 0 spiro atoms. The number of nitrogens with zero attached hydrogens (tertiary/aromatic N) is 1. The minimum atomic E-state index is -0.0468. The zero-order chi connectivity index (χ0) is 10.1. The van der Waals surface area contributed by atoms with Crippen molar-refractivity contribution in [2.24, 2.45) is 4.99 Å². The second-order valence-corrected chi connectivity index (χ2v) is 2.67. The standard InChI is InChI=1S/C11H19NO/c1-5-8-9-10(6-2)12-11(7-3)13-4/h6,8-9,11H,2,5,7H2,1,3-4H3/b9-8-,12-10?. The van der Waals surface area contributed by atoms with Crippen molar-refractivity contribution >= 4 is 5.71 Å². The predicted molar refractivity (Wildman–Crippen MR) is 58.2 cm³/mol. The average Bonchev–Trinajstić information content (AvgIpc) is 2.19. The summed E-state index contributed by atoms with van der Waals surface area (Å²) in [5, 5.41) is 0. The van der Waals surface area contributed by atoms with Crippen LogP contribution in [0, 0.1) is 0 Å². The first-order valence-corrected chi connectivity index (χ1v) is 4.68. The van der Waals surface area contributed by atoms with E-state index in [4.69, 9.17) is 4.74 Å². The van der Waals surface area contributed by atoms with E-state index in [1.54, 1.807) is 13.2 Å². The summed E-state index contributed by atoms with van der Waals surface area (Å²) in [6.45, 7) is 7.83. The van der Waals surface area contributed by atoms with E-state index in [0.29, 0.717) is 0 Å². The van der Waals surface area contributed by atoms with Crippen molar-refractivity contribution in [3.63, 3.8) is 0 Å². The van der Waals surface area contributed by atoms with Crippen LogP contribution in [0.5, 0.6) is 0 Å². The summed E-state index contributed by atoms with van der Waals surface area (Å²) in [4.78, 5) is 4.36. The topological polar surface area (TPSA) is 21.6 Å². The highest BCUT2D eigenvalue weighted by atomic mass is 16.5. The van der Waals surface area contributed by atoms with Crippen LogP contribution in [0.25, 0.3) is 0 Å². The molecule has 0 fully saturated rings. The molecule has 0 aliphatic heterocycles. The van der Waals surface area contributed by atoms with Gasteiger partial charge < -0.3 is 4.74 Å². The number of hydrogen-bond acceptors (Lipinski definition) is 2. The van der Waals surface area contributed by atoms with Crippen molar-refractivity contribution in [2.75, 3.05) is 7.11 Å². The lowest BCUT2D eigenvalue weighted by molar-refractivity contribution is 0.107. The van der Waals surface area contributed by atoms with Crippen LogP contribution in [0.1, 0.15) is 26.7 Å². The zero-order valence-electron chi connectivity index (χ0n) is 8.79. The van der Waals surface area contributed by atoms with Gasteiger partial charge in [0, 0.05) is 7.11 Å². The molecule has 0 N–H and O–H groups in total. The minimum absolute atomic E-state index is 0.0468. The van der Waals surface area contributed by atoms with E-state index >= 15 is 0 Å². The quantitative estimate of drug-likeness (QED) is 0.577. The van der Waals surface area contributed by atoms with Crippen molar-refractivity contribution in [1.82, 2.24) is 0 Å². The van der Waals surface area contributed by atoms with Gasteiger partial charge in [-0.3, -0.25) is 4.99 Å². The lowest BCUT2D eigenvalue weighted by Crippen LogP contribution is -2.07. The van der Waals surface area contributed by atoms with Crippen LogP contribution in [0.15, 0.2) is 29.8 Å². The third-order valence-electron chi connectivity index (χ3n) is 1.65. The van der Waals surface area contributed by atoms with Crippen LogP contribution < -0.4 is 0 Å². The number of rotatable bonds is 6. The maximum atomic E-state index is 5.14. The molecule has 2 nitrogen and oxygen atoms in total. The van der Waals surface area contributed by atoms with Crippen LogP contribution in [0.2, 0.25) is 0 Å². The molecule has 0 saturated heterocycles. The molecule has 0 radical (unpaired) electrons. The smallest absolute Gasteiger partial charge is 0.148 e. The Kier molecular flexibility index (Phi) is 7.21. The summed E-state index contributed by atoms with van der Waals surface area (Å²) >= 11 is 0. The number of methoxy groups -OCH3 is 1. The van der Waals surface area contributed by atoms with E-state index in [0.717, 1.165) is 18.6 Å². The highest BCUT2D eigenvalue weighted by Crippen LogP contribution is 2.00. The van der Waals surface area contributed by atoms with E-state index in [1.165, 1.54) is 0 Å². The zero-order valence-corrected chi connectivity index (χ0v) is 8.79. The molecule has 0 aliphatic rings. The molecule has 0 saturated carbocycles. The monoisotopic (exact) mass is 181 g/mol. The fourth-order valence-corrected chi connectivity index (χ4v) is 0.879. The van der Waals surface area contributed by atoms with Gasteiger partial charge in [-0.15, -0.1) is 0 Å². The summed E-state index contributed by atoms with van der Waals surface area (Å²) in [6, 6.07) is 0. The molecule has 1 unspecified atom stereocenters. The van der Waals surface area contributed by atoms with Crippen molar-refractivity contribution in [3.8, 4) is 0 Å². The van der Waals surface area contributed by atoms with Gasteiger partial charge in [0.15, 0.2) is 0 Å². The van der Waals surface area contributed by atoms with Crippen molar-refractivity contribution in [3.05, 3.63) is 24.8 Å². The highest BCUT2D eigenvalue weighted by Gasteiger charge is 1.99. The van der Waals surface area contributed by atoms with Crippen molar-refractivity contribution in [1.29, 1.82) is 0 Å². The molecule has 0 amide bonds. The maximum Gasteiger partial charge on any atom is 0.148 e. The maximum absolute atomic E-state index is 5.14. The summed E-state index contributed by atoms with van der Waals surface area (Å²) in [7, 11) is 1.67. The van der Waals surface area contributed by atoms with Crippen LogP contribution in [-0.4, -0.2) is 19.0 Å². The SMILES string of the molecule is C=CC(/C=C\CC)=NC(CC)OC. The van der Waals surface area contributed by atoms with Gasteiger partial charge in [-0.1, -0.05) is 26.5 Å². The Labute approximate surface area is 81.0 Å². The molecule has 74 valence electrons. The molecular weight excluding hydrogens is 162 g/mol. The van der Waals surface area contributed by atoms with Gasteiger partial charge in [-0.25, -0.2) is 0 Å². The van der Waals surface area contributed by atoms with E-state index < -0.39 is 0 Å². The molecule has 0 aromatic heterocycles. The fourth-order valence-electron chi connectivity index (χ4n) is 0.879. The Morgan fingerprint density at radius 2 is 2.23 bits per heavy atom. The highest BCUT2D eigenvalue weighted by molar-refractivity contribution is 6.03. The molecule has 2 heteroatoms. The van der Waals surface area contributed by atoms with E-state index in [-0.39, 0.29) is 6.23 Å². The number of hydrogen-bond donors (Lipinski definition) is 0. The minimum Gasteiger partial charge on any atom is -0.360 e. The van der Waals surface area contributed by atoms with Gasteiger partial charge in [0.2, 0.25) is 0 Å². The Bertz CT molecular complexity index is 190. The number of ether oxygens (including phenoxy) is 1. The van der Waals surface area contributed by atoms with Gasteiger partial charge in [0.25, 0.3) is 0 Å². The van der Waals surface area contributed by atoms with Crippen molar-refractivity contribution < 1.29 is 4.74 Å². The Morgan fingerprint density at radius 3 is 2.62 bits per heavy atom. The first-order valence-electron chi connectivity index (χ1n) is 4.68. The largest absolute Gasteiger partial charge is 0.360 e. The van der Waals surface area contributed by atoms with Gasteiger partial charge in [-0.2, -0.15) is 0 Å².